The molecule has 0 amide bonds. The zero-order valence-electron chi connectivity index (χ0n) is 10.0. The highest BCUT2D eigenvalue weighted by Gasteiger charge is 2.42. The molecule has 2 rings (SSSR count). The van der Waals surface area contributed by atoms with Crippen molar-refractivity contribution in [3.05, 3.63) is 15.5 Å². The highest BCUT2D eigenvalue weighted by atomic mass is 35.5. The molecule has 3 nitrogen and oxygen atoms in total. The molecule has 0 bridgehead atoms. The molecule has 1 heterocycles. The number of hydrogen-bond donors (Lipinski definition) is 2. The van der Waals surface area contributed by atoms with Gasteiger partial charge in [0, 0.05) is 12.0 Å². The summed E-state index contributed by atoms with van der Waals surface area (Å²) in [6, 6.07) is 0. The first kappa shape index (κ1) is 13.3. The Labute approximate surface area is 111 Å². The van der Waals surface area contributed by atoms with Gasteiger partial charge in [0.05, 0.1) is 6.20 Å². The van der Waals surface area contributed by atoms with Crippen molar-refractivity contribution in [1.29, 1.82) is 0 Å². The van der Waals surface area contributed by atoms with Crippen molar-refractivity contribution in [2.75, 3.05) is 6.54 Å². The minimum Gasteiger partial charge on any atom is -0.385 e. The van der Waals surface area contributed by atoms with Crippen molar-refractivity contribution >= 4 is 22.9 Å². The number of aliphatic hydroxyl groups is 1. The molecule has 1 fully saturated rings. The van der Waals surface area contributed by atoms with Crippen LogP contribution in [-0.2, 0) is 0 Å². The van der Waals surface area contributed by atoms with E-state index < -0.39 is 6.10 Å². The molecule has 0 radical (unpaired) electrons. The van der Waals surface area contributed by atoms with E-state index in [1.54, 1.807) is 6.20 Å². The van der Waals surface area contributed by atoms with Gasteiger partial charge in [-0.3, -0.25) is 0 Å². The SMILES string of the molecule is CC1CCCC(CN)(C(O)c2ncc(Cl)s2)C1. The zero-order chi connectivity index (χ0) is 12.5. The Morgan fingerprint density at radius 3 is 3.06 bits per heavy atom. The van der Waals surface area contributed by atoms with Gasteiger partial charge in [0.1, 0.15) is 15.4 Å². The van der Waals surface area contributed by atoms with Gasteiger partial charge in [0.15, 0.2) is 0 Å². The quantitative estimate of drug-likeness (QED) is 0.891. The summed E-state index contributed by atoms with van der Waals surface area (Å²) in [5.74, 6) is 0.623. The van der Waals surface area contributed by atoms with E-state index in [4.69, 9.17) is 17.3 Å². The molecule has 96 valence electrons. The molecule has 3 atom stereocenters. The second-order valence-corrected chi connectivity index (χ2v) is 6.87. The summed E-state index contributed by atoms with van der Waals surface area (Å²) in [6.07, 6.45) is 5.34. The molecule has 0 aromatic carbocycles. The topological polar surface area (TPSA) is 59.1 Å². The van der Waals surface area contributed by atoms with E-state index in [0.717, 1.165) is 19.3 Å². The fourth-order valence-corrected chi connectivity index (χ4v) is 3.96. The number of thiazole rings is 1. The molecule has 0 saturated heterocycles. The van der Waals surface area contributed by atoms with Crippen LogP contribution in [0.3, 0.4) is 0 Å². The predicted molar refractivity (Wildman–Crippen MR) is 71.2 cm³/mol. The van der Waals surface area contributed by atoms with Crippen molar-refractivity contribution in [2.24, 2.45) is 17.1 Å². The second kappa shape index (κ2) is 5.22. The maximum atomic E-state index is 10.5. The first-order valence-corrected chi connectivity index (χ1v) is 7.26. The molecule has 1 aliphatic rings. The zero-order valence-corrected chi connectivity index (χ0v) is 11.6. The summed E-state index contributed by atoms with van der Waals surface area (Å²) in [7, 11) is 0. The molecule has 1 aliphatic carbocycles. The minimum atomic E-state index is -0.576. The molecule has 17 heavy (non-hydrogen) atoms. The Morgan fingerprint density at radius 1 is 1.76 bits per heavy atom. The summed E-state index contributed by atoms with van der Waals surface area (Å²) in [5, 5.41) is 11.2. The van der Waals surface area contributed by atoms with E-state index in [-0.39, 0.29) is 5.41 Å². The summed E-state index contributed by atoms with van der Waals surface area (Å²) in [6.45, 7) is 2.74. The Balaban J connectivity index is 2.22. The van der Waals surface area contributed by atoms with Gasteiger partial charge in [-0.25, -0.2) is 4.98 Å². The van der Waals surface area contributed by atoms with Crippen LogP contribution in [0.1, 0.15) is 43.7 Å². The Morgan fingerprint density at radius 2 is 2.53 bits per heavy atom. The van der Waals surface area contributed by atoms with E-state index in [2.05, 4.69) is 11.9 Å². The molecule has 1 aromatic heterocycles. The van der Waals surface area contributed by atoms with Crippen LogP contribution in [0.25, 0.3) is 0 Å². The molecule has 1 aromatic rings. The number of aromatic nitrogens is 1. The Kier molecular flexibility index (Phi) is 4.08. The third kappa shape index (κ3) is 2.65. The largest absolute Gasteiger partial charge is 0.385 e. The van der Waals surface area contributed by atoms with Crippen LogP contribution in [0.15, 0.2) is 6.20 Å². The summed E-state index contributed by atoms with van der Waals surface area (Å²) < 4.78 is 0.620. The van der Waals surface area contributed by atoms with Gasteiger partial charge in [-0.05, 0) is 18.8 Å². The van der Waals surface area contributed by atoms with E-state index in [9.17, 15) is 5.11 Å². The van der Waals surface area contributed by atoms with Gasteiger partial charge in [0.25, 0.3) is 0 Å². The lowest BCUT2D eigenvalue weighted by atomic mass is 9.67. The van der Waals surface area contributed by atoms with Crippen molar-refractivity contribution in [1.82, 2.24) is 4.98 Å². The Hall–Kier alpha value is -0.160. The molecular formula is C12H19ClN2OS. The van der Waals surface area contributed by atoms with Gasteiger partial charge in [-0.15, -0.1) is 11.3 Å². The third-order valence-corrected chi connectivity index (χ3v) is 5.01. The van der Waals surface area contributed by atoms with Gasteiger partial charge in [-0.2, -0.15) is 0 Å². The van der Waals surface area contributed by atoms with Crippen LogP contribution in [0.5, 0.6) is 0 Å². The van der Waals surface area contributed by atoms with E-state index in [1.165, 1.54) is 17.8 Å². The standard InChI is InChI=1S/C12H19ClN2OS/c1-8-3-2-4-12(5-8,7-14)10(16)11-15-6-9(13)17-11/h6,8,10,16H,2-5,7,14H2,1H3. The van der Waals surface area contributed by atoms with Crippen LogP contribution < -0.4 is 5.73 Å². The average Bonchev–Trinajstić information content (AvgIpc) is 2.74. The predicted octanol–water partition coefficient (Wildman–Crippen LogP) is 2.99. The number of rotatable bonds is 3. The summed E-state index contributed by atoms with van der Waals surface area (Å²) in [5.41, 5.74) is 5.72. The van der Waals surface area contributed by atoms with Crippen LogP contribution in [-0.4, -0.2) is 16.6 Å². The lowest BCUT2D eigenvalue weighted by Gasteiger charge is -2.42. The molecule has 1 saturated carbocycles. The minimum absolute atomic E-state index is 0.209. The van der Waals surface area contributed by atoms with Crippen molar-refractivity contribution in [3.63, 3.8) is 0 Å². The lowest BCUT2D eigenvalue weighted by molar-refractivity contribution is -0.0131. The maximum Gasteiger partial charge on any atom is 0.123 e. The highest BCUT2D eigenvalue weighted by Crippen LogP contribution is 2.48. The van der Waals surface area contributed by atoms with E-state index in [0.29, 0.717) is 21.8 Å². The third-order valence-electron chi connectivity index (χ3n) is 3.84. The van der Waals surface area contributed by atoms with Gasteiger partial charge < -0.3 is 10.8 Å². The van der Waals surface area contributed by atoms with Gasteiger partial charge in [0.2, 0.25) is 0 Å². The molecule has 5 heteroatoms. The monoisotopic (exact) mass is 274 g/mol. The molecule has 0 spiro atoms. The number of nitrogens with two attached hydrogens (primary N) is 1. The van der Waals surface area contributed by atoms with Gasteiger partial charge >= 0.3 is 0 Å². The van der Waals surface area contributed by atoms with Crippen LogP contribution in [0, 0.1) is 11.3 Å². The fourth-order valence-electron chi connectivity index (χ4n) is 2.90. The average molecular weight is 275 g/mol. The highest BCUT2D eigenvalue weighted by molar-refractivity contribution is 7.15. The van der Waals surface area contributed by atoms with Crippen molar-refractivity contribution in [3.8, 4) is 0 Å². The van der Waals surface area contributed by atoms with Crippen LogP contribution in [0.2, 0.25) is 4.34 Å². The normalized spacial score (nSPS) is 31.4. The molecule has 0 aliphatic heterocycles. The number of nitrogens with zero attached hydrogens (tertiary/aromatic N) is 1. The van der Waals surface area contributed by atoms with Crippen molar-refractivity contribution < 1.29 is 5.11 Å². The first-order valence-electron chi connectivity index (χ1n) is 6.07. The summed E-state index contributed by atoms with van der Waals surface area (Å²) >= 11 is 7.23. The van der Waals surface area contributed by atoms with Crippen molar-refractivity contribution in [2.45, 2.75) is 38.7 Å². The number of aliphatic hydroxyl groups excluding tert-OH is 1. The molecule has 3 N–H and O–H groups in total. The lowest BCUT2D eigenvalue weighted by Crippen LogP contribution is -2.40. The van der Waals surface area contributed by atoms with Gasteiger partial charge in [-0.1, -0.05) is 31.4 Å². The van der Waals surface area contributed by atoms with E-state index in [1.807, 2.05) is 0 Å². The van der Waals surface area contributed by atoms with Crippen LogP contribution >= 0.6 is 22.9 Å². The first-order chi connectivity index (χ1) is 8.07. The van der Waals surface area contributed by atoms with E-state index >= 15 is 0 Å². The fraction of sp³-hybridized carbons (Fsp3) is 0.750. The van der Waals surface area contributed by atoms with Crippen LogP contribution in [0.4, 0.5) is 0 Å². The smallest absolute Gasteiger partial charge is 0.123 e. The maximum absolute atomic E-state index is 10.5. The molecule has 3 unspecified atom stereocenters. The Bertz CT molecular complexity index is 384. The summed E-state index contributed by atoms with van der Waals surface area (Å²) in [4.78, 5) is 4.19. The number of hydrogen-bond acceptors (Lipinski definition) is 4. The number of halogens is 1. The second-order valence-electron chi connectivity index (χ2n) is 5.17. The molecular weight excluding hydrogens is 256 g/mol.